The van der Waals surface area contributed by atoms with E-state index in [-0.39, 0.29) is 5.91 Å². The molecule has 5 aromatic carbocycles. The van der Waals surface area contributed by atoms with Crippen LogP contribution in [0.1, 0.15) is 37.4 Å². The number of rotatable bonds is 3. The van der Waals surface area contributed by atoms with Crippen LogP contribution < -0.4 is 11.5 Å². The van der Waals surface area contributed by atoms with Crippen molar-refractivity contribution < 1.29 is 14.7 Å². The number of amides is 1. The summed E-state index contributed by atoms with van der Waals surface area (Å²) in [6.07, 6.45) is 0. The van der Waals surface area contributed by atoms with Gasteiger partial charge in [-0.25, -0.2) is 4.79 Å². The topological polar surface area (TPSA) is 130 Å². The zero-order valence-corrected chi connectivity index (χ0v) is 23.0. The van der Waals surface area contributed by atoms with Crippen LogP contribution in [0.15, 0.2) is 152 Å². The van der Waals surface area contributed by atoms with E-state index >= 15 is 0 Å². The van der Waals surface area contributed by atoms with Gasteiger partial charge in [0.1, 0.15) is 0 Å². The molecule has 0 aliphatic heterocycles. The number of hydrogen-bond donors (Lipinski definition) is 3. The van der Waals surface area contributed by atoms with Gasteiger partial charge in [-0.15, -0.1) is 0 Å². The maximum atomic E-state index is 10.4. The second-order valence-electron chi connectivity index (χ2n) is 8.22. The molecule has 0 radical (unpaired) electrons. The highest BCUT2D eigenvalue weighted by Gasteiger charge is 1.96. The van der Waals surface area contributed by atoms with Gasteiger partial charge < -0.3 is 16.6 Å². The van der Waals surface area contributed by atoms with E-state index in [1.54, 1.807) is 66.7 Å². The lowest BCUT2D eigenvalue weighted by molar-refractivity contribution is 0.0696. The molecule has 208 valence electrons. The Balaban J connectivity index is 0.000000257. The predicted octanol–water partition coefficient (Wildman–Crippen LogP) is 6.87. The van der Waals surface area contributed by atoms with E-state index in [0.717, 1.165) is 0 Å². The summed E-state index contributed by atoms with van der Waals surface area (Å²) in [4.78, 5) is 20.6. The van der Waals surface area contributed by atoms with E-state index < -0.39 is 5.97 Å². The van der Waals surface area contributed by atoms with Crippen molar-refractivity contribution in [3.63, 3.8) is 0 Å². The van der Waals surface area contributed by atoms with Crippen molar-refractivity contribution in [1.29, 1.82) is 5.26 Å². The average molecular weight is 546 g/mol. The number of hydrogen-bond acceptors (Lipinski definition) is 4. The maximum absolute atomic E-state index is 10.4. The van der Waals surface area contributed by atoms with Crippen molar-refractivity contribution in [2.24, 2.45) is 11.5 Å². The van der Waals surface area contributed by atoms with Crippen molar-refractivity contribution in [3.8, 4) is 6.07 Å². The van der Waals surface area contributed by atoms with Crippen LogP contribution in [-0.4, -0.2) is 17.0 Å². The summed E-state index contributed by atoms with van der Waals surface area (Å²) in [5, 5.41) is 16.7. The number of carbonyl (C=O) groups excluding carboxylic acids is 1. The first-order chi connectivity index (χ1) is 19.9. The average Bonchev–Trinajstić information content (AvgIpc) is 3.04. The van der Waals surface area contributed by atoms with Crippen LogP contribution >= 0.6 is 0 Å². The number of carboxylic acid groups (broad SMARTS) is 1. The molecule has 5 rings (SSSR count). The minimum Gasteiger partial charge on any atom is -0.478 e. The Hall–Kier alpha value is -5.51. The van der Waals surface area contributed by atoms with Gasteiger partial charge in [-0.2, -0.15) is 5.26 Å². The number of primary amides is 1. The predicted molar refractivity (Wildman–Crippen MR) is 165 cm³/mol. The molecule has 5 aromatic rings. The van der Waals surface area contributed by atoms with Gasteiger partial charge in [0.2, 0.25) is 5.91 Å². The highest BCUT2D eigenvalue weighted by molar-refractivity contribution is 5.92. The van der Waals surface area contributed by atoms with Crippen molar-refractivity contribution in [3.05, 3.63) is 179 Å². The molecule has 41 heavy (non-hydrogen) atoms. The molecule has 0 aromatic heterocycles. The molecule has 0 aliphatic carbocycles. The van der Waals surface area contributed by atoms with E-state index in [1.165, 1.54) is 11.1 Å². The zero-order chi connectivity index (χ0) is 30.1. The Bertz CT molecular complexity index is 1360. The van der Waals surface area contributed by atoms with Gasteiger partial charge >= 0.3 is 5.97 Å². The second-order valence-corrected chi connectivity index (χ2v) is 8.22. The van der Waals surface area contributed by atoms with Gasteiger partial charge in [0.05, 0.1) is 17.2 Å². The van der Waals surface area contributed by atoms with Gasteiger partial charge in [0.15, 0.2) is 0 Å². The largest absolute Gasteiger partial charge is 0.478 e. The molecule has 6 heteroatoms. The minimum atomic E-state index is -0.879. The quantitative estimate of drug-likeness (QED) is 0.228. The Labute approximate surface area is 242 Å². The molecule has 5 N–H and O–H groups in total. The van der Waals surface area contributed by atoms with Gasteiger partial charge in [-0.3, -0.25) is 4.79 Å². The summed E-state index contributed by atoms with van der Waals surface area (Å²) in [6.45, 7) is 2.72. The molecule has 0 atom stereocenters. The Morgan fingerprint density at radius 2 is 1.00 bits per heavy atom. The lowest BCUT2D eigenvalue weighted by atomic mass is 10.2. The fourth-order valence-electron chi connectivity index (χ4n) is 2.84. The lowest BCUT2D eigenvalue weighted by Crippen LogP contribution is -2.09. The molecule has 1 amide bonds. The van der Waals surface area contributed by atoms with E-state index in [0.29, 0.717) is 23.2 Å². The SMILES string of the molecule is Cc1ccccc1.N#Cc1ccccc1.NC(=O)c1ccccc1.NCc1ccccc1.O=C(O)c1ccccc1. The number of aryl methyl sites for hydroxylation is 1. The molecule has 0 bridgehead atoms. The summed E-state index contributed by atoms with van der Waals surface area (Å²) in [6, 6.07) is 48.5. The van der Waals surface area contributed by atoms with Crippen LogP contribution in [0.4, 0.5) is 0 Å². The maximum Gasteiger partial charge on any atom is 0.335 e. The van der Waals surface area contributed by atoms with E-state index in [4.69, 9.17) is 21.8 Å². The first-order valence-corrected chi connectivity index (χ1v) is 12.7. The number of benzene rings is 5. The molecule has 0 spiro atoms. The van der Waals surface area contributed by atoms with Gasteiger partial charge in [0.25, 0.3) is 0 Å². The number of aromatic carboxylic acids is 1. The first kappa shape index (κ1) is 33.5. The molecule has 0 aliphatic rings. The molecule has 0 unspecified atom stereocenters. The van der Waals surface area contributed by atoms with E-state index in [9.17, 15) is 9.59 Å². The standard InChI is InChI=1S/C7H7NO.C7H9N.C7H5N.C7H6O2.C7H8/c8-7(9)6-4-2-1-3-5-6;2*8-6-7-4-2-1-3-5-7;8-7(9)6-4-2-1-3-5-6;1-7-5-3-2-4-6-7/h1-5H,(H2,8,9);1-5H,6,8H2;1-5H;1-5H,(H,8,9);2-6H,1H3. The monoisotopic (exact) mass is 545 g/mol. The van der Waals surface area contributed by atoms with Crippen LogP contribution in [0.2, 0.25) is 0 Å². The zero-order valence-electron chi connectivity index (χ0n) is 23.0. The third-order valence-electron chi connectivity index (χ3n) is 5.00. The number of nitrogens with two attached hydrogens (primary N) is 2. The summed E-state index contributed by atoms with van der Waals surface area (Å²) >= 11 is 0. The summed E-state index contributed by atoms with van der Waals surface area (Å²) < 4.78 is 0. The fraction of sp³-hybridized carbons (Fsp3) is 0.0571. The Kier molecular flexibility index (Phi) is 17.5. The van der Waals surface area contributed by atoms with Crippen molar-refractivity contribution in [1.82, 2.24) is 0 Å². The third-order valence-corrected chi connectivity index (χ3v) is 5.00. The molecule has 0 heterocycles. The fourth-order valence-corrected chi connectivity index (χ4v) is 2.84. The van der Waals surface area contributed by atoms with Crippen molar-refractivity contribution in [2.75, 3.05) is 0 Å². The van der Waals surface area contributed by atoms with Crippen molar-refractivity contribution in [2.45, 2.75) is 13.5 Å². The van der Waals surface area contributed by atoms with Gasteiger partial charge in [-0.05, 0) is 48.9 Å². The van der Waals surface area contributed by atoms with Crippen LogP contribution in [-0.2, 0) is 6.54 Å². The summed E-state index contributed by atoms with van der Waals surface area (Å²) in [5.41, 5.74) is 14.4. The van der Waals surface area contributed by atoms with Crippen molar-refractivity contribution >= 4 is 11.9 Å². The van der Waals surface area contributed by atoms with Gasteiger partial charge in [0, 0.05) is 12.1 Å². The number of carbonyl (C=O) groups is 2. The molecule has 0 saturated carbocycles. The third kappa shape index (κ3) is 16.8. The van der Waals surface area contributed by atoms with Crippen LogP contribution in [0, 0.1) is 18.3 Å². The summed E-state index contributed by atoms with van der Waals surface area (Å²) in [7, 11) is 0. The van der Waals surface area contributed by atoms with E-state index in [2.05, 4.69) is 19.1 Å². The van der Waals surface area contributed by atoms with Gasteiger partial charge in [-0.1, -0.05) is 121 Å². The summed E-state index contributed by atoms with van der Waals surface area (Å²) in [5.74, 6) is -1.26. The normalized spacial score (nSPS) is 8.71. The number of carboxylic acids is 1. The highest BCUT2D eigenvalue weighted by atomic mass is 16.4. The highest BCUT2D eigenvalue weighted by Crippen LogP contribution is 1.97. The first-order valence-electron chi connectivity index (χ1n) is 12.7. The lowest BCUT2D eigenvalue weighted by Gasteiger charge is -1.90. The Morgan fingerprint density at radius 3 is 1.22 bits per heavy atom. The van der Waals surface area contributed by atoms with Crippen LogP contribution in [0.5, 0.6) is 0 Å². The molecular weight excluding hydrogens is 510 g/mol. The number of nitriles is 1. The number of nitrogens with zero attached hydrogens (tertiary/aromatic N) is 1. The smallest absolute Gasteiger partial charge is 0.335 e. The minimum absolute atomic E-state index is 0.331. The molecule has 0 fully saturated rings. The second kappa shape index (κ2) is 21.4. The van der Waals surface area contributed by atoms with Crippen LogP contribution in [0.25, 0.3) is 0 Å². The molecular formula is C35H35N3O3. The molecule has 6 nitrogen and oxygen atoms in total. The van der Waals surface area contributed by atoms with Crippen LogP contribution in [0.3, 0.4) is 0 Å². The Morgan fingerprint density at radius 1 is 0.634 bits per heavy atom. The van der Waals surface area contributed by atoms with E-state index in [1.807, 2.05) is 78.9 Å². The molecule has 0 saturated heterocycles.